The minimum atomic E-state index is -1.15. The number of carboxylic acid groups (broad SMARTS) is 1. The zero-order valence-electron chi connectivity index (χ0n) is 12.6. The van der Waals surface area contributed by atoms with E-state index in [-0.39, 0.29) is 28.2 Å². The number of furan rings is 1. The van der Waals surface area contributed by atoms with Crippen molar-refractivity contribution in [2.24, 2.45) is 0 Å². The number of ether oxygens (including phenoxy) is 1. The summed E-state index contributed by atoms with van der Waals surface area (Å²) in [5.74, 6) is -1.64. The first-order valence-electron chi connectivity index (χ1n) is 7.19. The van der Waals surface area contributed by atoms with Gasteiger partial charge in [-0.05, 0) is 22.0 Å². The fraction of sp³-hybridized carbons (Fsp3) is 0.250. The molecule has 2 aromatic rings. The van der Waals surface area contributed by atoms with Crippen LogP contribution in [0.4, 0.5) is 4.39 Å². The fourth-order valence-corrected chi connectivity index (χ4v) is 2.90. The molecule has 1 aliphatic rings. The highest BCUT2D eigenvalue weighted by Crippen LogP contribution is 2.36. The first-order valence-corrected chi connectivity index (χ1v) is 7.98. The fourth-order valence-electron chi connectivity index (χ4n) is 2.54. The van der Waals surface area contributed by atoms with Crippen molar-refractivity contribution in [1.29, 1.82) is 0 Å². The standard InChI is InChI=1S/C16H13BrFNO5/c1-2-12-8(16(21)22)4-14(24-12)15(20)19-11-6-23-13-5-10(18)9(17)3-7(11)13/h3-5,11H,2,6H2,1H3,(H,19,20)(H,21,22). The molecule has 0 radical (unpaired) electrons. The Labute approximate surface area is 144 Å². The minimum Gasteiger partial charge on any atom is -0.491 e. The first kappa shape index (κ1) is 16.5. The number of benzene rings is 1. The maximum atomic E-state index is 13.5. The topological polar surface area (TPSA) is 88.8 Å². The molecule has 2 heterocycles. The second kappa shape index (κ2) is 6.27. The van der Waals surface area contributed by atoms with Crippen LogP contribution >= 0.6 is 15.9 Å². The van der Waals surface area contributed by atoms with Crippen LogP contribution in [0.2, 0.25) is 0 Å². The van der Waals surface area contributed by atoms with Gasteiger partial charge in [0.05, 0.1) is 10.5 Å². The third-order valence-electron chi connectivity index (χ3n) is 3.72. The van der Waals surface area contributed by atoms with E-state index in [1.165, 1.54) is 12.1 Å². The lowest BCUT2D eigenvalue weighted by atomic mass is 10.1. The van der Waals surface area contributed by atoms with Gasteiger partial charge >= 0.3 is 5.97 Å². The summed E-state index contributed by atoms with van der Waals surface area (Å²) in [5.41, 5.74) is 0.605. The number of carbonyl (C=O) groups excluding carboxylic acids is 1. The van der Waals surface area contributed by atoms with E-state index in [4.69, 9.17) is 14.3 Å². The number of rotatable bonds is 4. The van der Waals surface area contributed by atoms with Crippen molar-refractivity contribution in [3.05, 3.63) is 51.1 Å². The SMILES string of the molecule is CCc1oc(C(=O)NC2COc3cc(F)c(Br)cc32)cc1C(=O)O. The van der Waals surface area contributed by atoms with E-state index in [9.17, 15) is 14.0 Å². The smallest absolute Gasteiger partial charge is 0.339 e. The van der Waals surface area contributed by atoms with Gasteiger partial charge in [-0.25, -0.2) is 9.18 Å². The zero-order chi connectivity index (χ0) is 17.4. The summed E-state index contributed by atoms with van der Waals surface area (Å²) >= 11 is 3.10. The van der Waals surface area contributed by atoms with Gasteiger partial charge in [0.2, 0.25) is 0 Å². The van der Waals surface area contributed by atoms with Gasteiger partial charge in [0.1, 0.15) is 29.5 Å². The van der Waals surface area contributed by atoms with Crippen molar-refractivity contribution in [3.63, 3.8) is 0 Å². The van der Waals surface area contributed by atoms with Crippen molar-refractivity contribution < 1.29 is 28.2 Å². The molecule has 1 atom stereocenters. The maximum Gasteiger partial charge on any atom is 0.339 e. The molecule has 0 saturated carbocycles. The van der Waals surface area contributed by atoms with Crippen LogP contribution in [-0.4, -0.2) is 23.6 Å². The molecule has 2 N–H and O–H groups in total. The highest BCUT2D eigenvalue weighted by molar-refractivity contribution is 9.10. The van der Waals surface area contributed by atoms with Gasteiger partial charge < -0.3 is 19.6 Å². The van der Waals surface area contributed by atoms with Crippen molar-refractivity contribution in [2.75, 3.05) is 6.61 Å². The summed E-state index contributed by atoms with van der Waals surface area (Å²) in [5, 5.41) is 11.8. The number of hydrogen-bond acceptors (Lipinski definition) is 4. The monoisotopic (exact) mass is 397 g/mol. The number of aryl methyl sites for hydroxylation is 1. The van der Waals surface area contributed by atoms with Crippen LogP contribution in [0.5, 0.6) is 5.75 Å². The molecule has 0 spiro atoms. The Kier molecular flexibility index (Phi) is 4.31. The molecule has 126 valence electrons. The summed E-state index contributed by atoms with van der Waals surface area (Å²) in [6.45, 7) is 1.89. The van der Waals surface area contributed by atoms with Gasteiger partial charge in [-0.3, -0.25) is 4.79 Å². The molecular formula is C16H13BrFNO5. The lowest BCUT2D eigenvalue weighted by Crippen LogP contribution is -2.29. The molecular weight excluding hydrogens is 385 g/mol. The number of carbonyl (C=O) groups is 2. The van der Waals surface area contributed by atoms with E-state index in [1.54, 1.807) is 13.0 Å². The molecule has 0 saturated heterocycles. The van der Waals surface area contributed by atoms with E-state index in [0.717, 1.165) is 0 Å². The van der Waals surface area contributed by atoms with Crippen molar-refractivity contribution >= 4 is 27.8 Å². The van der Waals surface area contributed by atoms with E-state index >= 15 is 0 Å². The van der Waals surface area contributed by atoms with Crippen LogP contribution in [0.3, 0.4) is 0 Å². The Morgan fingerprint density at radius 1 is 1.42 bits per heavy atom. The molecule has 8 heteroatoms. The van der Waals surface area contributed by atoms with Gasteiger partial charge in [-0.1, -0.05) is 6.92 Å². The molecule has 0 bridgehead atoms. The van der Waals surface area contributed by atoms with E-state index < -0.39 is 23.7 Å². The molecule has 24 heavy (non-hydrogen) atoms. The molecule has 1 aromatic heterocycles. The van der Waals surface area contributed by atoms with Crippen LogP contribution in [0, 0.1) is 5.82 Å². The Morgan fingerprint density at radius 3 is 2.79 bits per heavy atom. The van der Waals surface area contributed by atoms with Crippen LogP contribution in [0.25, 0.3) is 0 Å². The summed E-state index contributed by atoms with van der Waals surface area (Å²) in [6, 6.07) is 3.52. The van der Waals surface area contributed by atoms with Crippen LogP contribution in [0.1, 0.15) is 45.2 Å². The molecule has 1 unspecified atom stereocenters. The molecule has 3 rings (SSSR count). The van der Waals surface area contributed by atoms with Gasteiger partial charge in [0.15, 0.2) is 5.76 Å². The Bertz CT molecular complexity index is 832. The van der Waals surface area contributed by atoms with Crippen molar-refractivity contribution in [3.8, 4) is 5.75 Å². The van der Waals surface area contributed by atoms with Crippen LogP contribution in [-0.2, 0) is 6.42 Å². The van der Waals surface area contributed by atoms with Gasteiger partial charge in [-0.2, -0.15) is 0 Å². The van der Waals surface area contributed by atoms with Gasteiger partial charge in [-0.15, -0.1) is 0 Å². The Morgan fingerprint density at radius 2 is 2.17 bits per heavy atom. The predicted molar refractivity (Wildman–Crippen MR) is 84.8 cm³/mol. The second-order valence-electron chi connectivity index (χ2n) is 5.25. The number of halogens is 2. The average Bonchev–Trinajstić information content (AvgIpc) is 3.13. The maximum absolute atomic E-state index is 13.5. The van der Waals surface area contributed by atoms with E-state index in [0.29, 0.717) is 17.7 Å². The van der Waals surface area contributed by atoms with Gasteiger partial charge in [0.25, 0.3) is 5.91 Å². The third-order valence-corrected chi connectivity index (χ3v) is 4.33. The van der Waals surface area contributed by atoms with Crippen LogP contribution < -0.4 is 10.1 Å². The number of fused-ring (bicyclic) bond motifs is 1. The van der Waals surface area contributed by atoms with Crippen LogP contribution in [0.15, 0.2) is 27.1 Å². The summed E-state index contributed by atoms with van der Waals surface area (Å²) in [7, 11) is 0. The molecule has 1 aliphatic heterocycles. The first-order chi connectivity index (χ1) is 11.4. The number of carboxylic acids is 1. The lowest BCUT2D eigenvalue weighted by Gasteiger charge is -2.10. The minimum absolute atomic E-state index is 0.0319. The molecule has 1 aromatic carbocycles. The predicted octanol–water partition coefficient (Wildman–Crippen LogP) is 3.31. The lowest BCUT2D eigenvalue weighted by molar-refractivity contribution is 0.0694. The third kappa shape index (κ3) is 2.89. The quantitative estimate of drug-likeness (QED) is 0.825. The Balaban J connectivity index is 1.82. The Hall–Kier alpha value is -2.35. The highest BCUT2D eigenvalue weighted by Gasteiger charge is 2.29. The van der Waals surface area contributed by atoms with E-state index in [1.807, 2.05) is 0 Å². The van der Waals surface area contributed by atoms with E-state index in [2.05, 4.69) is 21.2 Å². The number of nitrogens with one attached hydrogen (secondary N) is 1. The average molecular weight is 398 g/mol. The number of hydrogen-bond donors (Lipinski definition) is 2. The van der Waals surface area contributed by atoms with Crippen molar-refractivity contribution in [1.82, 2.24) is 5.32 Å². The summed E-state index contributed by atoms with van der Waals surface area (Å²) < 4.78 is 24.5. The van der Waals surface area contributed by atoms with Gasteiger partial charge in [0, 0.05) is 24.1 Å². The molecule has 1 amide bonds. The summed E-state index contributed by atoms with van der Waals surface area (Å²) in [4.78, 5) is 23.5. The highest BCUT2D eigenvalue weighted by atomic mass is 79.9. The largest absolute Gasteiger partial charge is 0.491 e. The number of aromatic carboxylic acids is 1. The molecule has 6 nitrogen and oxygen atoms in total. The zero-order valence-corrected chi connectivity index (χ0v) is 14.1. The number of amides is 1. The summed E-state index contributed by atoms with van der Waals surface area (Å²) in [6.07, 6.45) is 0.358. The molecule has 0 fully saturated rings. The molecule has 0 aliphatic carbocycles. The van der Waals surface area contributed by atoms with Crippen molar-refractivity contribution in [2.45, 2.75) is 19.4 Å². The normalized spacial score (nSPS) is 15.7. The second-order valence-corrected chi connectivity index (χ2v) is 6.10.